The molecule has 3 saturated carbocycles. The third-order valence-electron chi connectivity index (χ3n) is 8.90. The molecule has 0 aromatic rings. The average Bonchev–Trinajstić information content (AvgIpc) is 2.99. The van der Waals surface area contributed by atoms with E-state index in [2.05, 4.69) is 19.9 Å². The van der Waals surface area contributed by atoms with Gasteiger partial charge in [0.25, 0.3) is 0 Å². The van der Waals surface area contributed by atoms with Crippen LogP contribution in [0.3, 0.4) is 0 Å². The number of aliphatic carboxylic acids is 1. The maximum atomic E-state index is 13.0. The lowest BCUT2D eigenvalue weighted by molar-refractivity contribution is -0.140. The highest BCUT2D eigenvalue weighted by Crippen LogP contribution is 2.67. The Morgan fingerprint density at radius 1 is 1.17 bits per heavy atom. The van der Waals surface area contributed by atoms with Gasteiger partial charge in [-0.25, -0.2) is 0 Å². The maximum absolute atomic E-state index is 13.0. The van der Waals surface area contributed by atoms with Crippen molar-refractivity contribution in [2.45, 2.75) is 58.8 Å². The number of fused-ring (bicyclic) bond motifs is 5. The summed E-state index contributed by atoms with van der Waals surface area (Å²) in [5.41, 5.74) is 0.995. The molecular formula is C24H32O5. The summed E-state index contributed by atoms with van der Waals surface area (Å²) in [4.78, 5) is 35.9. The topological polar surface area (TPSA) is 91.7 Å². The SMILES string of the molecule is C[C@]12CC[C@H]3[C@@H](CCC4=CC(=O)C=C[C@@]43C)[C@@H]1C[C@@H](CO)[C@@H]2C(=O)CCC(=O)O. The Morgan fingerprint density at radius 3 is 2.62 bits per heavy atom. The molecular weight excluding hydrogens is 368 g/mol. The van der Waals surface area contributed by atoms with Gasteiger partial charge in [-0.2, -0.15) is 0 Å². The Labute approximate surface area is 172 Å². The summed E-state index contributed by atoms with van der Waals surface area (Å²) in [6.07, 6.45) is 10.3. The molecule has 158 valence electrons. The third kappa shape index (κ3) is 3.13. The fourth-order valence-electron chi connectivity index (χ4n) is 7.57. The number of carbonyl (C=O) groups is 3. The Bertz CT molecular complexity index is 795. The van der Waals surface area contributed by atoms with Crippen LogP contribution in [0.1, 0.15) is 58.8 Å². The molecule has 0 amide bonds. The summed E-state index contributed by atoms with van der Waals surface area (Å²) in [6, 6.07) is 0. The number of allylic oxidation sites excluding steroid dienone is 4. The molecule has 0 unspecified atom stereocenters. The van der Waals surface area contributed by atoms with Crippen molar-refractivity contribution in [2.24, 2.45) is 40.4 Å². The van der Waals surface area contributed by atoms with Crippen LogP contribution in [0.2, 0.25) is 0 Å². The molecule has 0 heterocycles. The highest BCUT2D eigenvalue weighted by atomic mass is 16.4. The van der Waals surface area contributed by atoms with Gasteiger partial charge in [0.15, 0.2) is 5.78 Å². The highest BCUT2D eigenvalue weighted by Gasteiger charge is 2.62. The van der Waals surface area contributed by atoms with E-state index in [-0.39, 0.29) is 53.7 Å². The van der Waals surface area contributed by atoms with Gasteiger partial charge < -0.3 is 10.2 Å². The summed E-state index contributed by atoms with van der Waals surface area (Å²) < 4.78 is 0. The van der Waals surface area contributed by atoms with Crippen LogP contribution in [0.4, 0.5) is 0 Å². The number of aliphatic hydroxyl groups excluding tert-OH is 1. The molecule has 2 N–H and O–H groups in total. The quantitative estimate of drug-likeness (QED) is 0.736. The Kier molecular flexibility index (Phi) is 5.09. The molecule has 0 saturated heterocycles. The Balaban J connectivity index is 1.62. The lowest BCUT2D eigenvalue weighted by Crippen LogP contribution is -2.50. The average molecular weight is 401 g/mol. The predicted molar refractivity (Wildman–Crippen MR) is 108 cm³/mol. The number of rotatable bonds is 5. The van der Waals surface area contributed by atoms with Crippen molar-refractivity contribution >= 4 is 17.5 Å². The second kappa shape index (κ2) is 7.19. The van der Waals surface area contributed by atoms with E-state index < -0.39 is 5.97 Å². The van der Waals surface area contributed by atoms with Gasteiger partial charge in [0.1, 0.15) is 5.78 Å². The fraction of sp³-hybridized carbons (Fsp3) is 0.708. The lowest BCUT2D eigenvalue weighted by atomic mass is 9.47. The van der Waals surface area contributed by atoms with Crippen LogP contribution in [0.25, 0.3) is 0 Å². The number of Topliss-reactive ketones (excluding diaryl/α,β-unsaturated/α-hetero) is 1. The van der Waals surface area contributed by atoms with Crippen molar-refractivity contribution < 1.29 is 24.6 Å². The number of carboxylic acids is 1. The maximum Gasteiger partial charge on any atom is 0.303 e. The van der Waals surface area contributed by atoms with Crippen molar-refractivity contribution in [3.63, 3.8) is 0 Å². The van der Waals surface area contributed by atoms with Gasteiger partial charge in [-0.3, -0.25) is 14.4 Å². The van der Waals surface area contributed by atoms with Crippen molar-refractivity contribution in [3.8, 4) is 0 Å². The zero-order chi connectivity index (χ0) is 21.0. The fourth-order valence-corrected chi connectivity index (χ4v) is 7.57. The van der Waals surface area contributed by atoms with Crippen LogP contribution in [-0.2, 0) is 14.4 Å². The first-order valence-corrected chi connectivity index (χ1v) is 11.0. The van der Waals surface area contributed by atoms with E-state index in [0.29, 0.717) is 17.8 Å². The first kappa shape index (κ1) is 20.5. The number of carboxylic acid groups (broad SMARTS) is 1. The van der Waals surface area contributed by atoms with Gasteiger partial charge in [-0.05, 0) is 73.3 Å². The minimum absolute atomic E-state index is 0.0101. The lowest BCUT2D eigenvalue weighted by Gasteiger charge is -2.57. The first-order chi connectivity index (χ1) is 13.7. The molecule has 0 radical (unpaired) electrons. The summed E-state index contributed by atoms with van der Waals surface area (Å²) in [5.74, 6) is 0.131. The number of carbonyl (C=O) groups excluding carboxylic acids is 2. The zero-order valence-electron chi connectivity index (χ0n) is 17.4. The molecule has 0 spiro atoms. The van der Waals surface area contributed by atoms with Crippen LogP contribution in [0.5, 0.6) is 0 Å². The zero-order valence-corrected chi connectivity index (χ0v) is 17.4. The molecule has 0 bridgehead atoms. The van der Waals surface area contributed by atoms with Crippen molar-refractivity contribution in [3.05, 3.63) is 23.8 Å². The highest BCUT2D eigenvalue weighted by molar-refractivity contribution is 6.01. The molecule has 0 aliphatic heterocycles. The van der Waals surface area contributed by atoms with Crippen molar-refractivity contribution in [1.82, 2.24) is 0 Å². The molecule has 3 fully saturated rings. The number of ketones is 2. The molecule has 5 nitrogen and oxygen atoms in total. The summed E-state index contributed by atoms with van der Waals surface area (Å²) in [5, 5.41) is 19.1. The molecule has 29 heavy (non-hydrogen) atoms. The minimum atomic E-state index is -0.944. The van der Waals surface area contributed by atoms with E-state index in [4.69, 9.17) is 5.11 Å². The standard InChI is InChI=1S/C24H32O5/c1-23-9-7-16(26)12-15(23)3-4-17-18(23)8-10-24(2)19(17)11-14(13-25)22(24)20(27)5-6-21(28)29/h7,9,12,14,17-19,22,25H,3-6,8,10-11,13H2,1-2H3,(H,28,29)/t14-,17+,18-,19-,22+,23-,24-/m0/s1. The normalized spacial score (nSPS) is 43.2. The third-order valence-corrected chi connectivity index (χ3v) is 8.90. The number of hydrogen-bond donors (Lipinski definition) is 2. The second-order valence-corrected chi connectivity index (χ2v) is 10.2. The second-order valence-electron chi connectivity index (χ2n) is 10.2. The van der Waals surface area contributed by atoms with E-state index in [1.807, 2.05) is 6.08 Å². The monoisotopic (exact) mass is 400 g/mol. The molecule has 0 aromatic carbocycles. The number of aliphatic hydroxyl groups is 1. The number of hydrogen-bond acceptors (Lipinski definition) is 4. The van der Waals surface area contributed by atoms with Gasteiger partial charge in [0, 0.05) is 24.4 Å². The first-order valence-electron chi connectivity index (χ1n) is 11.0. The van der Waals surface area contributed by atoms with Crippen molar-refractivity contribution in [2.75, 3.05) is 6.61 Å². The minimum Gasteiger partial charge on any atom is -0.481 e. The summed E-state index contributed by atoms with van der Waals surface area (Å²) >= 11 is 0. The Hall–Kier alpha value is -1.75. The largest absolute Gasteiger partial charge is 0.481 e. The van der Waals surface area contributed by atoms with Crippen LogP contribution >= 0.6 is 0 Å². The van der Waals surface area contributed by atoms with E-state index in [0.717, 1.165) is 32.1 Å². The Morgan fingerprint density at radius 2 is 1.93 bits per heavy atom. The molecule has 4 aliphatic carbocycles. The van der Waals surface area contributed by atoms with Crippen LogP contribution in [0.15, 0.2) is 23.8 Å². The smallest absolute Gasteiger partial charge is 0.303 e. The summed E-state index contributed by atoms with van der Waals surface area (Å²) in [7, 11) is 0. The van der Waals surface area contributed by atoms with Gasteiger partial charge in [0.05, 0.1) is 6.42 Å². The molecule has 7 atom stereocenters. The molecule has 4 aliphatic rings. The van der Waals surface area contributed by atoms with E-state index in [1.54, 1.807) is 6.08 Å². The van der Waals surface area contributed by atoms with Crippen LogP contribution in [-0.4, -0.2) is 34.4 Å². The predicted octanol–water partition coefficient (Wildman–Crippen LogP) is 3.56. The van der Waals surface area contributed by atoms with Crippen LogP contribution < -0.4 is 0 Å². The molecule has 0 aromatic heterocycles. The van der Waals surface area contributed by atoms with E-state index in [1.165, 1.54) is 5.57 Å². The van der Waals surface area contributed by atoms with Gasteiger partial charge in [-0.15, -0.1) is 0 Å². The van der Waals surface area contributed by atoms with E-state index >= 15 is 0 Å². The molecule has 5 heteroatoms. The van der Waals surface area contributed by atoms with Gasteiger partial charge >= 0.3 is 5.97 Å². The van der Waals surface area contributed by atoms with Gasteiger partial charge in [-0.1, -0.05) is 25.5 Å². The summed E-state index contributed by atoms with van der Waals surface area (Å²) in [6.45, 7) is 4.46. The van der Waals surface area contributed by atoms with Gasteiger partial charge in [0.2, 0.25) is 0 Å². The van der Waals surface area contributed by atoms with Crippen LogP contribution in [0, 0.1) is 40.4 Å². The van der Waals surface area contributed by atoms with Crippen molar-refractivity contribution in [1.29, 1.82) is 0 Å². The van der Waals surface area contributed by atoms with E-state index in [9.17, 15) is 19.5 Å². The molecule has 4 rings (SSSR count).